The van der Waals surface area contributed by atoms with Crippen LogP contribution in [0.25, 0.3) is 0 Å². The highest BCUT2D eigenvalue weighted by Gasteiger charge is 2.30. The molecule has 0 bridgehead atoms. The van der Waals surface area contributed by atoms with Crippen molar-refractivity contribution in [2.24, 2.45) is 14.1 Å². The molecule has 2 heterocycles. The van der Waals surface area contributed by atoms with E-state index in [1.54, 1.807) is 64.2 Å². The van der Waals surface area contributed by atoms with E-state index in [-0.39, 0.29) is 29.6 Å². The molecule has 0 aliphatic heterocycles. The smallest absolute Gasteiger partial charge is 0.295 e. The first-order chi connectivity index (χ1) is 20.3. The Labute approximate surface area is 246 Å². The molecule has 224 valence electrons. The van der Waals surface area contributed by atoms with Crippen molar-refractivity contribution < 1.29 is 23.5 Å². The van der Waals surface area contributed by atoms with Gasteiger partial charge in [0.2, 0.25) is 12.2 Å². The van der Waals surface area contributed by atoms with Gasteiger partial charge in [-0.1, -0.05) is 13.0 Å². The lowest BCUT2D eigenvalue weighted by Gasteiger charge is -2.26. The van der Waals surface area contributed by atoms with Crippen LogP contribution in [-0.4, -0.2) is 55.8 Å². The molecule has 2 amide bonds. The van der Waals surface area contributed by atoms with Crippen molar-refractivity contribution in [3.8, 4) is 11.8 Å². The molecule has 0 saturated heterocycles. The highest BCUT2D eigenvalue weighted by molar-refractivity contribution is 5.94. The minimum absolute atomic E-state index is 0.153. The summed E-state index contributed by atoms with van der Waals surface area (Å²) in [5.41, 5.74) is 1.86. The highest BCUT2D eigenvalue weighted by atomic mass is 19.2. The van der Waals surface area contributed by atoms with E-state index in [9.17, 15) is 33.5 Å². The summed E-state index contributed by atoms with van der Waals surface area (Å²) in [7, 11) is 6.68. The van der Waals surface area contributed by atoms with E-state index in [1.807, 2.05) is 18.4 Å². The first-order valence-corrected chi connectivity index (χ1v) is 13.0. The van der Waals surface area contributed by atoms with Gasteiger partial charge in [-0.3, -0.25) is 23.6 Å². The number of aromatic nitrogens is 4. The Morgan fingerprint density at radius 2 is 1.91 bits per heavy atom. The van der Waals surface area contributed by atoms with E-state index in [4.69, 9.17) is 0 Å². The van der Waals surface area contributed by atoms with E-state index in [0.717, 1.165) is 11.6 Å². The highest BCUT2D eigenvalue weighted by Crippen LogP contribution is 2.39. The van der Waals surface area contributed by atoms with Crippen molar-refractivity contribution in [3.05, 3.63) is 105 Å². The van der Waals surface area contributed by atoms with Crippen LogP contribution in [0.2, 0.25) is 0 Å². The van der Waals surface area contributed by atoms with Crippen LogP contribution in [0.5, 0.6) is 5.75 Å². The van der Waals surface area contributed by atoms with Gasteiger partial charge >= 0.3 is 0 Å². The summed E-state index contributed by atoms with van der Waals surface area (Å²) in [6, 6.07) is 10.8. The number of anilines is 1. The fourth-order valence-electron chi connectivity index (χ4n) is 4.60. The fourth-order valence-corrected chi connectivity index (χ4v) is 4.60. The molecule has 0 aliphatic carbocycles. The zero-order chi connectivity index (χ0) is 32.0. The third-order valence-corrected chi connectivity index (χ3v) is 6.79. The van der Waals surface area contributed by atoms with Gasteiger partial charge in [-0.25, -0.2) is 13.8 Å². The van der Waals surface area contributed by atoms with Gasteiger partial charge in [0.15, 0.2) is 11.6 Å². The number of hydrogen-bond acceptors (Lipinski definition) is 7. The maximum atomic E-state index is 12.6. The molecule has 0 radical (unpaired) electrons. The molecule has 2 N–H and O–H groups in total. The van der Waals surface area contributed by atoms with Crippen LogP contribution in [0.1, 0.15) is 57.3 Å². The average Bonchev–Trinajstić information content (AvgIpc) is 3.41. The second-order valence-corrected chi connectivity index (χ2v) is 9.96. The number of rotatable bonds is 7. The number of nitriles is 1. The Kier molecular flexibility index (Phi) is 10.1. The van der Waals surface area contributed by atoms with Crippen LogP contribution in [0, 0.1) is 29.9 Å². The lowest BCUT2D eigenvalue weighted by atomic mass is 9.79. The monoisotopic (exact) mass is 591 g/mol. The quantitative estimate of drug-likeness (QED) is 0.313. The summed E-state index contributed by atoms with van der Waals surface area (Å²) in [5.74, 6) is -2.94. The second kappa shape index (κ2) is 13.5. The van der Waals surface area contributed by atoms with Gasteiger partial charge in [-0.2, -0.15) is 10.4 Å². The fraction of sp³-hybridized carbons (Fsp3) is 0.267. The molecular weight excluding hydrogens is 560 g/mol. The molecule has 2 unspecified atom stereocenters. The van der Waals surface area contributed by atoms with Gasteiger partial charge < -0.3 is 15.3 Å². The van der Waals surface area contributed by atoms with Gasteiger partial charge in [0.25, 0.3) is 11.5 Å². The Balaban J connectivity index is 0.000000386. The predicted molar refractivity (Wildman–Crippen MR) is 155 cm³/mol. The van der Waals surface area contributed by atoms with Gasteiger partial charge in [-0.15, -0.1) is 0 Å². The number of nitrogens with one attached hydrogen (secondary N) is 1. The first-order valence-electron chi connectivity index (χ1n) is 13.0. The number of nitrogens with zero attached hydrogens (tertiary/aromatic N) is 6. The molecule has 4 rings (SSSR count). The zero-order valence-corrected chi connectivity index (χ0v) is 24.5. The van der Waals surface area contributed by atoms with Crippen molar-refractivity contribution in [2.75, 3.05) is 19.4 Å². The lowest BCUT2D eigenvalue weighted by Crippen LogP contribution is -2.27. The summed E-state index contributed by atoms with van der Waals surface area (Å²) >= 11 is 0. The number of carbonyl (C=O) groups is 2. The van der Waals surface area contributed by atoms with Crippen molar-refractivity contribution in [1.82, 2.24) is 24.2 Å². The van der Waals surface area contributed by atoms with Crippen LogP contribution in [0.4, 0.5) is 14.5 Å². The van der Waals surface area contributed by atoms with Crippen molar-refractivity contribution in [1.29, 1.82) is 5.26 Å². The van der Waals surface area contributed by atoms with E-state index >= 15 is 0 Å². The van der Waals surface area contributed by atoms with Gasteiger partial charge in [-0.05, 0) is 48.4 Å². The third kappa shape index (κ3) is 6.92. The number of aryl methyl sites for hydroxylation is 2. The maximum Gasteiger partial charge on any atom is 0.295 e. The number of hydrogen-bond donors (Lipinski definition) is 2. The Bertz CT molecular complexity index is 1760. The van der Waals surface area contributed by atoms with E-state index in [0.29, 0.717) is 22.5 Å². The molecule has 2 atom stereocenters. The molecular formula is C30H31F2N7O4. The SMILES string of the molecule is Cc1nc(C(C)C(c2cnn(C)c2)c2cc(C(=O)N(C)C)ccc2C#N)n(C)c(=O)c1O.O=CNc1cccc(F)c1F. The zero-order valence-electron chi connectivity index (χ0n) is 24.5. The minimum atomic E-state index is -1.04. The first kappa shape index (κ1) is 32.1. The standard InChI is InChI=1S/C23H26N6O3.C7H5F2NO/c1-13(21-26-14(2)20(30)23(32)29(21)6)19(17-11-25-28(5)12-17)18-9-15(22(31)27(3)4)7-8-16(18)10-24;8-5-2-1-3-6(7(5)9)10-4-11/h7-9,11-13,19,30H,1-6H3;1-4H,(H,10,11). The van der Waals surface area contributed by atoms with Crippen molar-refractivity contribution >= 4 is 18.0 Å². The molecule has 11 nitrogen and oxygen atoms in total. The summed E-state index contributed by atoms with van der Waals surface area (Å²) in [4.78, 5) is 40.9. The molecule has 4 aromatic rings. The van der Waals surface area contributed by atoms with E-state index in [1.165, 1.54) is 21.6 Å². The third-order valence-electron chi connectivity index (χ3n) is 6.79. The van der Waals surface area contributed by atoms with Gasteiger partial charge in [0.05, 0.1) is 29.2 Å². The summed E-state index contributed by atoms with van der Waals surface area (Å²) in [6.45, 7) is 3.47. The molecule has 43 heavy (non-hydrogen) atoms. The van der Waals surface area contributed by atoms with Crippen LogP contribution in [0.3, 0.4) is 0 Å². The van der Waals surface area contributed by atoms with Crippen LogP contribution < -0.4 is 10.9 Å². The largest absolute Gasteiger partial charge is 0.502 e. The normalized spacial score (nSPS) is 11.9. The second-order valence-electron chi connectivity index (χ2n) is 9.96. The number of aromatic hydroxyl groups is 1. The Morgan fingerprint density at radius 3 is 2.49 bits per heavy atom. The summed E-state index contributed by atoms with van der Waals surface area (Å²) in [5, 5.41) is 26.1. The summed E-state index contributed by atoms with van der Waals surface area (Å²) in [6.07, 6.45) is 3.83. The molecule has 0 fully saturated rings. The topological polar surface area (TPSA) is 146 Å². The number of halogens is 2. The van der Waals surface area contributed by atoms with Crippen LogP contribution in [0.15, 0.2) is 53.6 Å². The van der Waals surface area contributed by atoms with E-state index < -0.39 is 28.9 Å². The lowest BCUT2D eigenvalue weighted by molar-refractivity contribution is -0.105. The maximum absolute atomic E-state index is 12.6. The molecule has 0 aliphatic rings. The molecule has 2 aromatic carbocycles. The van der Waals surface area contributed by atoms with E-state index in [2.05, 4.69) is 16.2 Å². The predicted octanol–water partition coefficient (Wildman–Crippen LogP) is 3.57. The Hall–Kier alpha value is -5.38. The molecule has 0 spiro atoms. The average molecular weight is 592 g/mol. The number of amides is 2. The Morgan fingerprint density at radius 1 is 1.21 bits per heavy atom. The van der Waals surface area contributed by atoms with Gasteiger partial charge in [0, 0.05) is 51.8 Å². The van der Waals surface area contributed by atoms with Crippen LogP contribution in [-0.2, 0) is 18.9 Å². The number of benzene rings is 2. The van der Waals surface area contributed by atoms with Crippen molar-refractivity contribution in [2.45, 2.75) is 25.7 Å². The molecule has 13 heteroatoms. The molecule has 0 saturated carbocycles. The van der Waals surface area contributed by atoms with Crippen molar-refractivity contribution in [3.63, 3.8) is 0 Å². The summed E-state index contributed by atoms with van der Waals surface area (Å²) < 4.78 is 27.9. The van der Waals surface area contributed by atoms with Crippen LogP contribution >= 0.6 is 0 Å². The number of carbonyl (C=O) groups excluding carboxylic acids is 2. The van der Waals surface area contributed by atoms with Gasteiger partial charge in [0.1, 0.15) is 5.82 Å². The minimum Gasteiger partial charge on any atom is -0.502 e. The molecule has 2 aromatic heterocycles.